The van der Waals surface area contributed by atoms with Gasteiger partial charge in [-0.25, -0.2) is 19.2 Å². The molecule has 0 unspecified atom stereocenters. The Balaban J connectivity index is 1.02. The average Bonchev–Trinajstić information content (AvgIpc) is 3.69. The maximum atomic E-state index is 14.7. The number of benzene rings is 2. The molecular formula is C35H34FN7O3S2. The smallest absolute Gasteiger partial charge is 0.357 e. The fraction of sp³-hybridized carbons (Fsp3) is 0.343. The van der Waals surface area contributed by atoms with Gasteiger partial charge in [0.1, 0.15) is 0 Å². The van der Waals surface area contributed by atoms with Gasteiger partial charge in [-0.3, -0.25) is 4.90 Å². The second-order valence-electron chi connectivity index (χ2n) is 11.6. The molecule has 2 aromatic carbocycles. The zero-order valence-corrected chi connectivity index (χ0v) is 28.3. The molecule has 7 rings (SSSR count). The summed E-state index contributed by atoms with van der Waals surface area (Å²) in [5.41, 5.74) is 3.92. The number of fused-ring (bicyclic) bond motifs is 2. The first kappa shape index (κ1) is 31.9. The normalized spacial score (nSPS) is 14.2. The van der Waals surface area contributed by atoms with Crippen LogP contribution >= 0.6 is 22.7 Å². The Morgan fingerprint density at radius 3 is 2.75 bits per heavy atom. The SMILES string of the molecule is COC(=O)c1nc(N2CCCc3c2nnc(Nc2nc4ccccc4s2)c3C)sc1CCCOc1ccc(C#CCN2CCC2)cc1F. The third-order valence-electron chi connectivity index (χ3n) is 8.42. The minimum absolute atomic E-state index is 0.178. The van der Waals surface area contributed by atoms with Crippen LogP contribution < -0.4 is 15.0 Å². The molecule has 0 radical (unpaired) electrons. The maximum absolute atomic E-state index is 14.7. The fourth-order valence-electron chi connectivity index (χ4n) is 5.70. The number of halogens is 1. The third kappa shape index (κ3) is 6.82. The zero-order chi connectivity index (χ0) is 33.0. The zero-order valence-electron chi connectivity index (χ0n) is 26.7. The number of ether oxygens (including phenoxy) is 2. The van der Waals surface area contributed by atoms with E-state index in [0.29, 0.717) is 42.4 Å². The van der Waals surface area contributed by atoms with E-state index in [9.17, 15) is 9.18 Å². The molecule has 5 heterocycles. The quantitative estimate of drug-likeness (QED) is 0.0975. The van der Waals surface area contributed by atoms with Gasteiger partial charge in [0.2, 0.25) is 0 Å². The molecule has 48 heavy (non-hydrogen) atoms. The highest BCUT2D eigenvalue weighted by molar-refractivity contribution is 7.22. The number of aryl methyl sites for hydroxylation is 1. The van der Waals surface area contributed by atoms with Crippen molar-refractivity contribution in [2.75, 3.05) is 50.1 Å². The summed E-state index contributed by atoms with van der Waals surface area (Å²) in [6, 6.07) is 12.8. The van der Waals surface area contributed by atoms with Gasteiger partial charge in [-0.05, 0) is 69.4 Å². The number of likely N-dealkylation sites (tertiary alicyclic amines) is 1. The predicted octanol–water partition coefficient (Wildman–Crippen LogP) is 6.67. The molecule has 0 bridgehead atoms. The molecule has 246 valence electrons. The van der Waals surface area contributed by atoms with Crippen LogP contribution in [0.25, 0.3) is 10.2 Å². The molecule has 0 amide bonds. The molecule has 10 nitrogen and oxygen atoms in total. The van der Waals surface area contributed by atoms with Crippen molar-refractivity contribution >= 4 is 60.8 Å². The highest BCUT2D eigenvalue weighted by Gasteiger charge is 2.29. The van der Waals surface area contributed by atoms with Gasteiger partial charge in [-0.1, -0.05) is 35.3 Å². The van der Waals surface area contributed by atoms with E-state index in [0.717, 1.165) is 63.1 Å². The van der Waals surface area contributed by atoms with E-state index in [1.165, 1.54) is 30.9 Å². The second-order valence-corrected chi connectivity index (χ2v) is 13.7. The van der Waals surface area contributed by atoms with Gasteiger partial charge in [0.05, 0.1) is 30.5 Å². The predicted molar refractivity (Wildman–Crippen MR) is 187 cm³/mol. The van der Waals surface area contributed by atoms with E-state index < -0.39 is 11.8 Å². The Morgan fingerprint density at radius 2 is 1.96 bits per heavy atom. The maximum Gasteiger partial charge on any atom is 0.357 e. The van der Waals surface area contributed by atoms with Crippen LogP contribution in [0.5, 0.6) is 5.75 Å². The number of hydrogen-bond donors (Lipinski definition) is 1. The van der Waals surface area contributed by atoms with Crippen molar-refractivity contribution in [1.29, 1.82) is 0 Å². The standard InChI is InChI=1S/C35H34FN7O3S2/c1-22-24-10-6-19-43(32(24)41-40-31(22)39-34-37-26-11-3-4-12-28(26)47-34)35-38-30(33(44)45-2)29(48-35)13-7-20-46-27-15-14-23(21-25(27)36)9-5-16-42-17-8-18-42/h3-4,11-12,14-15,21H,6-8,10,13,16-20H2,1-2H3,(H,37,39,40). The van der Waals surface area contributed by atoms with Crippen LogP contribution in [0, 0.1) is 24.6 Å². The Morgan fingerprint density at radius 1 is 1.08 bits per heavy atom. The molecular weight excluding hydrogens is 650 g/mol. The summed E-state index contributed by atoms with van der Waals surface area (Å²) in [5, 5.41) is 13.9. The summed E-state index contributed by atoms with van der Waals surface area (Å²) >= 11 is 3.00. The minimum atomic E-state index is -0.500. The largest absolute Gasteiger partial charge is 0.491 e. The fourth-order valence-corrected chi connectivity index (χ4v) is 7.68. The van der Waals surface area contributed by atoms with Crippen molar-refractivity contribution in [2.45, 2.75) is 39.0 Å². The molecule has 0 atom stereocenters. The number of para-hydroxylation sites is 1. The number of carbonyl (C=O) groups excluding carboxylic acids is 1. The molecule has 13 heteroatoms. The highest BCUT2D eigenvalue weighted by atomic mass is 32.1. The Hall–Kier alpha value is -4.64. The van der Waals surface area contributed by atoms with Gasteiger partial charge in [-0.15, -0.1) is 21.5 Å². The summed E-state index contributed by atoms with van der Waals surface area (Å²) in [4.78, 5) is 27.2. The van der Waals surface area contributed by atoms with E-state index in [-0.39, 0.29) is 18.1 Å². The first-order valence-corrected chi connectivity index (χ1v) is 17.6. The van der Waals surface area contributed by atoms with Gasteiger partial charge in [0.15, 0.2) is 39.2 Å². The van der Waals surface area contributed by atoms with Crippen molar-refractivity contribution in [3.8, 4) is 17.6 Å². The number of anilines is 4. The molecule has 2 aliphatic rings. The third-order valence-corrected chi connectivity index (χ3v) is 10.5. The number of nitrogens with one attached hydrogen (secondary N) is 1. The molecule has 0 aliphatic carbocycles. The Bertz CT molecular complexity index is 2000. The highest BCUT2D eigenvalue weighted by Crippen LogP contribution is 2.39. The number of esters is 1. The summed E-state index contributed by atoms with van der Waals surface area (Å²) in [7, 11) is 1.35. The molecule has 5 aromatic rings. The lowest BCUT2D eigenvalue weighted by Gasteiger charge is -2.28. The molecule has 2 aliphatic heterocycles. The van der Waals surface area contributed by atoms with Crippen LogP contribution in [-0.2, 0) is 17.6 Å². The first-order chi connectivity index (χ1) is 23.5. The van der Waals surface area contributed by atoms with Crippen LogP contribution in [-0.4, -0.2) is 70.9 Å². The van der Waals surface area contributed by atoms with Crippen molar-refractivity contribution in [3.05, 3.63) is 75.5 Å². The van der Waals surface area contributed by atoms with Crippen molar-refractivity contribution in [2.24, 2.45) is 0 Å². The molecule has 1 N–H and O–H groups in total. The minimum Gasteiger partial charge on any atom is -0.491 e. The van der Waals surface area contributed by atoms with Gasteiger partial charge >= 0.3 is 5.97 Å². The van der Waals surface area contributed by atoms with Gasteiger partial charge in [-0.2, -0.15) is 0 Å². The topological polar surface area (TPSA) is 106 Å². The van der Waals surface area contributed by atoms with Crippen LogP contribution in [0.1, 0.15) is 51.3 Å². The van der Waals surface area contributed by atoms with Crippen LogP contribution in [0.2, 0.25) is 0 Å². The second kappa shape index (κ2) is 14.2. The summed E-state index contributed by atoms with van der Waals surface area (Å²) in [5.74, 6) is 6.76. The molecule has 0 spiro atoms. The van der Waals surface area contributed by atoms with Crippen molar-refractivity contribution < 1.29 is 18.7 Å². The molecule has 1 fully saturated rings. The Labute approximate surface area is 285 Å². The van der Waals surface area contributed by atoms with E-state index in [1.54, 1.807) is 23.5 Å². The summed E-state index contributed by atoms with van der Waals surface area (Å²) < 4.78 is 26.6. The number of rotatable bonds is 10. The summed E-state index contributed by atoms with van der Waals surface area (Å²) in [6.07, 6.45) is 4.03. The monoisotopic (exact) mass is 683 g/mol. The number of hydrogen-bond acceptors (Lipinski definition) is 12. The average molecular weight is 684 g/mol. The lowest BCUT2D eigenvalue weighted by Crippen LogP contribution is -2.37. The van der Waals surface area contributed by atoms with E-state index in [2.05, 4.69) is 37.2 Å². The summed E-state index contributed by atoms with van der Waals surface area (Å²) in [6.45, 7) is 5.86. The van der Waals surface area contributed by atoms with E-state index in [1.807, 2.05) is 36.1 Å². The Kier molecular flexibility index (Phi) is 9.47. The molecule has 0 saturated carbocycles. The lowest BCUT2D eigenvalue weighted by atomic mass is 10.0. The number of methoxy groups -OCH3 is 1. The van der Waals surface area contributed by atoms with E-state index in [4.69, 9.17) is 14.5 Å². The van der Waals surface area contributed by atoms with Gasteiger partial charge in [0, 0.05) is 41.2 Å². The van der Waals surface area contributed by atoms with Crippen LogP contribution in [0.4, 0.5) is 26.3 Å². The van der Waals surface area contributed by atoms with Gasteiger partial charge in [0.25, 0.3) is 0 Å². The first-order valence-electron chi connectivity index (χ1n) is 15.9. The lowest BCUT2D eigenvalue weighted by molar-refractivity contribution is 0.0593. The number of nitrogens with zero attached hydrogens (tertiary/aromatic N) is 6. The van der Waals surface area contributed by atoms with Crippen molar-refractivity contribution in [3.63, 3.8) is 0 Å². The van der Waals surface area contributed by atoms with Crippen LogP contribution in [0.15, 0.2) is 42.5 Å². The van der Waals surface area contributed by atoms with E-state index >= 15 is 0 Å². The molecule has 3 aromatic heterocycles. The van der Waals surface area contributed by atoms with Crippen LogP contribution in [0.3, 0.4) is 0 Å². The number of carbonyl (C=O) groups is 1. The van der Waals surface area contributed by atoms with Crippen molar-refractivity contribution in [1.82, 2.24) is 25.1 Å². The number of aromatic nitrogens is 4. The van der Waals surface area contributed by atoms with Gasteiger partial charge < -0.3 is 19.7 Å². The number of thiazole rings is 2. The molecule has 1 saturated heterocycles.